The molecule has 0 unspecified atom stereocenters. The standard InChI is InChI=1S/C19H19NO5S/c1-3-24-18(22)13-4-8-15(9-5-13)20-17(21)12-25-19(23)14-6-10-16(26-2)11-7-14/h4-11H,3,12H2,1-2H3,(H,20,21). The van der Waals surface area contributed by atoms with Gasteiger partial charge in [-0.25, -0.2) is 9.59 Å². The molecule has 1 N–H and O–H groups in total. The second-order valence-corrected chi connectivity index (χ2v) is 6.03. The maximum absolute atomic E-state index is 11.9. The first-order valence-corrected chi connectivity index (χ1v) is 9.14. The average molecular weight is 373 g/mol. The van der Waals surface area contributed by atoms with Crippen molar-refractivity contribution in [2.45, 2.75) is 11.8 Å². The highest BCUT2D eigenvalue weighted by atomic mass is 32.2. The van der Waals surface area contributed by atoms with Crippen LogP contribution in [-0.4, -0.2) is 37.3 Å². The number of hydrogen-bond acceptors (Lipinski definition) is 6. The van der Waals surface area contributed by atoms with Crippen LogP contribution in [0.4, 0.5) is 5.69 Å². The normalized spacial score (nSPS) is 10.1. The summed E-state index contributed by atoms with van der Waals surface area (Å²) >= 11 is 1.57. The van der Waals surface area contributed by atoms with Gasteiger partial charge in [0.1, 0.15) is 0 Å². The molecule has 2 rings (SSSR count). The molecule has 0 spiro atoms. The maximum Gasteiger partial charge on any atom is 0.338 e. The molecule has 0 atom stereocenters. The molecule has 2 aromatic carbocycles. The third-order valence-corrected chi connectivity index (χ3v) is 4.08. The van der Waals surface area contributed by atoms with E-state index in [4.69, 9.17) is 9.47 Å². The predicted molar refractivity (Wildman–Crippen MR) is 99.5 cm³/mol. The van der Waals surface area contributed by atoms with Gasteiger partial charge in [-0.05, 0) is 61.7 Å². The summed E-state index contributed by atoms with van der Waals surface area (Å²) in [5.74, 6) is -1.46. The van der Waals surface area contributed by atoms with E-state index in [0.717, 1.165) is 4.90 Å². The summed E-state index contributed by atoms with van der Waals surface area (Å²) in [6, 6.07) is 13.2. The number of thioether (sulfide) groups is 1. The lowest BCUT2D eigenvalue weighted by Crippen LogP contribution is -2.21. The Morgan fingerprint density at radius 2 is 1.42 bits per heavy atom. The number of esters is 2. The fraction of sp³-hybridized carbons (Fsp3) is 0.211. The smallest absolute Gasteiger partial charge is 0.338 e. The Bertz CT molecular complexity index is 772. The number of anilines is 1. The van der Waals surface area contributed by atoms with E-state index in [9.17, 15) is 14.4 Å². The van der Waals surface area contributed by atoms with Crippen molar-refractivity contribution in [2.75, 3.05) is 24.8 Å². The Balaban J connectivity index is 1.84. The quantitative estimate of drug-likeness (QED) is 0.592. The van der Waals surface area contributed by atoms with Crippen LogP contribution in [0.5, 0.6) is 0 Å². The van der Waals surface area contributed by atoms with Gasteiger partial charge >= 0.3 is 11.9 Å². The number of carbonyl (C=O) groups excluding carboxylic acids is 3. The molecule has 2 aromatic rings. The molecule has 6 nitrogen and oxygen atoms in total. The zero-order valence-electron chi connectivity index (χ0n) is 14.5. The van der Waals surface area contributed by atoms with Crippen molar-refractivity contribution in [3.63, 3.8) is 0 Å². The number of carbonyl (C=O) groups is 3. The van der Waals surface area contributed by atoms with Crippen LogP contribution < -0.4 is 5.32 Å². The van der Waals surface area contributed by atoms with Gasteiger partial charge in [0.25, 0.3) is 5.91 Å². The van der Waals surface area contributed by atoms with Crippen molar-refractivity contribution in [3.05, 3.63) is 59.7 Å². The number of hydrogen-bond donors (Lipinski definition) is 1. The largest absolute Gasteiger partial charge is 0.462 e. The molecule has 0 fully saturated rings. The molecule has 136 valence electrons. The zero-order chi connectivity index (χ0) is 18.9. The van der Waals surface area contributed by atoms with E-state index >= 15 is 0 Å². The number of amides is 1. The minimum absolute atomic E-state index is 0.294. The number of nitrogens with one attached hydrogen (secondary N) is 1. The van der Waals surface area contributed by atoms with Crippen molar-refractivity contribution in [3.8, 4) is 0 Å². The molecule has 0 radical (unpaired) electrons. The van der Waals surface area contributed by atoms with E-state index in [0.29, 0.717) is 23.4 Å². The first-order valence-electron chi connectivity index (χ1n) is 7.91. The third kappa shape index (κ3) is 5.63. The van der Waals surface area contributed by atoms with E-state index in [1.165, 1.54) is 0 Å². The van der Waals surface area contributed by atoms with E-state index in [1.807, 2.05) is 18.4 Å². The van der Waals surface area contributed by atoms with Gasteiger partial charge in [0.05, 0.1) is 17.7 Å². The molecule has 0 saturated heterocycles. The topological polar surface area (TPSA) is 81.7 Å². The Labute approximate surface area is 155 Å². The fourth-order valence-corrected chi connectivity index (χ4v) is 2.45. The second-order valence-electron chi connectivity index (χ2n) is 5.15. The van der Waals surface area contributed by atoms with Gasteiger partial charge in [0, 0.05) is 10.6 Å². The Morgan fingerprint density at radius 1 is 0.885 bits per heavy atom. The molecule has 0 aromatic heterocycles. The minimum atomic E-state index is -0.564. The van der Waals surface area contributed by atoms with Crippen molar-refractivity contribution in [1.82, 2.24) is 0 Å². The molecule has 0 saturated carbocycles. The van der Waals surface area contributed by atoms with Gasteiger partial charge in [0.15, 0.2) is 6.61 Å². The van der Waals surface area contributed by atoms with Gasteiger partial charge in [0.2, 0.25) is 0 Å². The van der Waals surface area contributed by atoms with Crippen LogP contribution >= 0.6 is 11.8 Å². The minimum Gasteiger partial charge on any atom is -0.462 e. The molecule has 1 amide bonds. The second kappa shape index (κ2) is 9.62. The zero-order valence-corrected chi connectivity index (χ0v) is 15.3. The number of rotatable bonds is 7. The van der Waals surface area contributed by atoms with E-state index in [1.54, 1.807) is 55.1 Å². The van der Waals surface area contributed by atoms with Crippen LogP contribution in [0.15, 0.2) is 53.4 Å². The summed E-state index contributed by atoms with van der Waals surface area (Å²) < 4.78 is 9.88. The number of ether oxygens (including phenoxy) is 2. The highest BCUT2D eigenvalue weighted by Crippen LogP contribution is 2.15. The van der Waals surface area contributed by atoms with Crippen LogP contribution in [0.1, 0.15) is 27.6 Å². The lowest BCUT2D eigenvalue weighted by molar-refractivity contribution is -0.119. The summed E-state index contributed by atoms with van der Waals surface area (Å²) in [6.45, 7) is 1.62. The lowest BCUT2D eigenvalue weighted by Gasteiger charge is -2.08. The molecular weight excluding hydrogens is 354 g/mol. The Morgan fingerprint density at radius 3 is 1.96 bits per heavy atom. The van der Waals surface area contributed by atoms with Crippen molar-refractivity contribution in [1.29, 1.82) is 0 Å². The SMILES string of the molecule is CCOC(=O)c1ccc(NC(=O)COC(=O)c2ccc(SC)cc2)cc1. The lowest BCUT2D eigenvalue weighted by atomic mass is 10.2. The van der Waals surface area contributed by atoms with E-state index in [2.05, 4.69) is 5.32 Å². The number of benzene rings is 2. The van der Waals surface area contributed by atoms with E-state index < -0.39 is 24.5 Å². The first-order chi connectivity index (χ1) is 12.5. The summed E-state index contributed by atoms with van der Waals surface area (Å²) in [5, 5.41) is 2.59. The molecule has 7 heteroatoms. The highest BCUT2D eigenvalue weighted by molar-refractivity contribution is 7.98. The van der Waals surface area contributed by atoms with Crippen molar-refractivity contribution in [2.24, 2.45) is 0 Å². The molecule has 26 heavy (non-hydrogen) atoms. The first kappa shape index (κ1) is 19.5. The monoisotopic (exact) mass is 373 g/mol. The van der Waals surface area contributed by atoms with Crippen molar-refractivity contribution >= 4 is 35.3 Å². The molecule has 0 heterocycles. The van der Waals surface area contributed by atoms with Crippen LogP contribution in [0.2, 0.25) is 0 Å². The molecule has 0 aliphatic carbocycles. The van der Waals surface area contributed by atoms with Gasteiger partial charge in [-0.2, -0.15) is 0 Å². The van der Waals surface area contributed by atoms with Crippen LogP contribution in [0.3, 0.4) is 0 Å². The summed E-state index contributed by atoms with van der Waals surface area (Å²) in [4.78, 5) is 36.4. The van der Waals surface area contributed by atoms with Gasteiger partial charge in [-0.1, -0.05) is 0 Å². The predicted octanol–water partition coefficient (Wildman–Crippen LogP) is 3.38. The van der Waals surface area contributed by atoms with Gasteiger partial charge in [-0.15, -0.1) is 11.8 Å². The molecule has 0 aliphatic rings. The molecular formula is C19H19NO5S. The fourth-order valence-electron chi connectivity index (χ4n) is 2.04. The van der Waals surface area contributed by atoms with Gasteiger partial charge < -0.3 is 14.8 Å². The van der Waals surface area contributed by atoms with Crippen LogP contribution in [0, 0.1) is 0 Å². The third-order valence-electron chi connectivity index (χ3n) is 3.34. The van der Waals surface area contributed by atoms with Crippen molar-refractivity contribution < 1.29 is 23.9 Å². The van der Waals surface area contributed by atoms with Crippen LogP contribution in [0.25, 0.3) is 0 Å². The maximum atomic E-state index is 11.9. The van der Waals surface area contributed by atoms with Gasteiger partial charge in [-0.3, -0.25) is 4.79 Å². The Kier molecular flexibility index (Phi) is 7.23. The summed E-state index contributed by atoms with van der Waals surface area (Å²) in [5.41, 5.74) is 1.27. The highest BCUT2D eigenvalue weighted by Gasteiger charge is 2.11. The summed E-state index contributed by atoms with van der Waals surface area (Å²) in [7, 11) is 0. The average Bonchev–Trinajstić information content (AvgIpc) is 2.67. The van der Waals surface area contributed by atoms with E-state index in [-0.39, 0.29) is 0 Å². The molecule has 0 bridgehead atoms. The Hall–Kier alpha value is -2.80. The molecule has 0 aliphatic heterocycles. The summed E-state index contributed by atoms with van der Waals surface area (Å²) in [6.07, 6.45) is 1.94. The van der Waals surface area contributed by atoms with Crippen LogP contribution in [-0.2, 0) is 14.3 Å².